The SMILES string of the molecule is O=c1c2ccccc2nnn1C[NH+]1CCC[C@H]1c1ccc2c(c1)OCCCO2. The van der Waals surface area contributed by atoms with Crippen molar-refractivity contribution < 1.29 is 14.4 Å². The van der Waals surface area contributed by atoms with E-state index in [1.807, 2.05) is 30.3 Å². The van der Waals surface area contributed by atoms with Crippen LogP contribution in [0, 0.1) is 0 Å². The molecule has 3 heterocycles. The van der Waals surface area contributed by atoms with Crippen molar-refractivity contribution in [3.63, 3.8) is 0 Å². The Kier molecular flexibility index (Phi) is 4.44. The fourth-order valence-electron chi connectivity index (χ4n) is 4.22. The molecule has 0 spiro atoms. The Labute approximate surface area is 162 Å². The molecule has 0 saturated carbocycles. The third-order valence-electron chi connectivity index (χ3n) is 5.64. The average molecular weight is 379 g/mol. The Morgan fingerprint density at radius 1 is 1.07 bits per heavy atom. The minimum Gasteiger partial charge on any atom is -0.490 e. The third-order valence-corrected chi connectivity index (χ3v) is 5.64. The van der Waals surface area contributed by atoms with Gasteiger partial charge in [0.25, 0.3) is 5.56 Å². The van der Waals surface area contributed by atoms with E-state index in [-0.39, 0.29) is 5.56 Å². The van der Waals surface area contributed by atoms with E-state index < -0.39 is 0 Å². The van der Waals surface area contributed by atoms with Gasteiger partial charge in [0, 0.05) is 24.8 Å². The van der Waals surface area contributed by atoms with Crippen LogP contribution < -0.4 is 19.9 Å². The van der Waals surface area contributed by atoms with Gasteiger partial charge in [-0.25, -0.2) is 0 Å². The molecule has 28 heavy (non-hydrogen) atoms. The van der Waals surface area contributed by atoms with Gasteiger partial charge in [-0.2, -0.15) is 4.68 Å². The number of nitrogens with one attached hydrogen (secondary N) is 1. The Morgan fingerprint density at radius 3 is 2.86 bits per heavy atom. The van der Waals surface area contributed by atoms with E-state index >= 15 is 0 Å². The Bertz CT molecular complexity index is 1060. The number of nitrogens with zero attached hydrogens (tertiary/aromatic N) is 3. The van der Waals surface area contributed by atoms with E-state index in [4.69, 9.17) is 9.47 Å². The first kappa shape index (κ1) is 17.2. The molecule has 1 N–H and O–H groups in total. The number of aromatic nitrogens is 3. The molecule has 1 aromatic heterocycles. The van der Waals surface area contributed by atoms with Crippen LogP contribution in [0.5, 0.6) is 11.5 Å². The zero-order valence-electron chi connectivity index (χ0n) is 15.6. The minimum atomic E-state index is -0.0811. The van der Waals surface area contributed by atoms with Crippen LogP contribution in [-0.4, -0.2) is 34.8 Å². The van der Waals surface area contributed by atoms with Crippen molar-refractivity contribution in [2.45, 2.75) is 32.0 Å². The van der Waals surface area contributed by atoms with Crippen LogP contribution in [0.2, 0.25) is 0 Å². The maximum atomic E-state index is 12.8. The molecule has 1 saturated heterocycles. The predicted octanol–water partition coefficient (Wildman–Crippen LogP) is 1.33. The van der Waals surface area contributed by atoms with Gasteiger partial charge < -0.3 is 14.4 Å². The second kappa shape index (κ2) is 7.24. The first-order valence-corrected chi connectivity index (χ1v) is 9.86. The second-order valence-electron chi connectivity index (χ2n) is 7.43. The van der Waals surface area contributed by atoms with Crippen LogP contribution in [0.1, 0.15) is 30.9 Å². The lowest BCUT2D eigenvalue weighted by atomic mass is 10.0. The largest absolute Gasteiger partial charge is 0.490 e. The quantitative estimate of drug-likeness (QED) is 0.744. The van der Waals surface area contributed by atoms with Crippen LogP contribution in [0.4, 0.5) is 0 Å². The summed E-state index contributed by atoms with van der Waals surface area (Å²) < 4.78 is 13.1. The van der Waals surface area contributed by atoms with Crippen molar-refractivity contribution in [2.24, 2.45) is 0 Å². The van der Waals surface area contributed by atoms with Crippen molar-refractivity contribution in [1.29, 1.82) is 0 Å². The zero-order valence-corrected chi connectivity index (χ0v) is 15.6. The smallest absolute Gasteiger partial charge is 0.282 e. The summed E-state index contributed by atoms with van der Waals surface area (Å²) in [4.78, 5) is 14.1. The van der Waals surface area contributed by atoms with Gasteiger partial charge in [0.05, 0.1) is 25.1 Å². The van der Waals surface area contributed by atoms with Crippen molar-refractivity contribution >= 4 is 10.9 Å². The van der Waals surface area contributed by atoms with Gasteiger partial charge in [-0.1, -0.05) is 17.3 Å². The molecule has 2 atom stereocenters. The van der Waals surface area contributed by atoms with Crippen LogP contribution in [0.25, 0.3) is 10.9 Å². The molecule has 2 aromatic carbocycles. The summed E-state index contributed by atoms with van der Waals surface area (Å²) in [6, 6.07) is 13.9. The first-order valence-electron chi connectivity index (χ1n) is 9.86. The molecule has 7 nitrogen and oxygen atoms in total. The van der Waals surface area contributed by atoms with Gasteiger partial charge in [-0.05, 0) is 30.3 Å². The van der Waals surface area contributed by atoms with E-state index in [0.29, 0.717) is 36.8 Å². The first-order chi connectivity index (χ1) is 13.8. The number of likely N-dealkylation sites (tertiary alicyclic amines) is 1. The average Bonchev–Trinajstić information content (AvgIpc) is 3.06. The minimum absolute atomic E-state index is 0.0811. The van der Waals surface area contributed by atoms with E-state index in [1.165, 1.54) is 15.1 Å². The van der Waals surface area contributed by atoms with Crippen LogP contribution >= 0.6 is 0 Å². The molecule has 7 heteroatoms. The summed E-state index contributed by atoms with van der Waals surface area (Å²) in [6.07, 6.45) is 3.09. The van der Waals surface area contributed by atoms with Gasteiger partial charge in [-0.15, -0.1) is 5.10 Å². The van der Waals surface area contributed by atoms with Crippen LogP contribution in [0.3, 0.4) is 0 Å². The van der Waals surface area contributed by atoms with Gasteiger partial charge in [-0.3, -0.25) is 4.79 Å². The number of fused-ring (bicyclic) bond motifs is 2. The molecule has 0 aliphatic carbocycles. The van der Waals surface area contributed by atoms with Crippen molar-refractivity contribution in [3.05, 3.63) is 58.4 Å². The van der Waals surface area contributed by atoms with Crippen LogP contribution in [-0.2, 0) is 6.67 Å². The zero-order chi connectivity index (χ0) is 18.9. The Hall–Kier alpha value is -2.93. The highest BCUT2D eigenvalue weighted by Gasteiger charge is 2.31. The molecule has 0 radical (unpaired) electrons. The lowest BCUT2D eigenvalue weighted by Gasteiger charge is -2.22. The molecule has 1 unspecified atom stereocenters. The number of quaternary nitrogens is 1. The number of rotatable bonds is 3. The topological polar surface area (TPSA) is 70.7 Å². The van der Waals surface area contributed by atoms with Gasteiger partial charge >= 0.3 is 0 Å². The molecule has 2 aliphatic heterocycles. The van der Waals surface area contributed by atoms with E-state index in [2.05, 4.69) is 22.4 Å². The third kappa shape index (κ3) is 3.11. The summed E-state index contributed by atoms with van der Waals surface area (Å²) in [5.74, 6) is 1.64. The summed E-state index contributed by atoms with van der Waals surface area (Å²) in [5, 5.41) is 9.00. The normalized spacial score (nSPS) is 21.6. The molecule has 144 valence electrons. The van der Waals surface area contributed by atoms with Crippen molar-refractivity contribution in [3.8, 4) is 11.5 Å². The number of hydrogen-bond donors (Lipinski definition) is 1. The maximum Gasteiger partial charge on any atom is 0.282 e. The molecule has 1 fully saturated rings. The number of hydrogen-bond acceptors (Lipinski definition) is 5. The monoisotopic (exact) mass is 379 g/mol. The summed E-state index contributed by atoms with van der Waals surface area (Å²) in [5.41, 5.74) is 1.78. The summed E-state index contributed by atoms with van der Waals surface area (Å²) in [7, 11) is 0. The lowest BCUT2D eigenvalue weighted by molar-refractivity contribution is -0.941. The molecule has 3 aromatic rings. The fourth-order valence-corrected chi connectivity index (χ4v) is 4.22. The molecular formula is C21H23N4O3+. The highest BCUT2D eigenvalue weighted by Crippen LogP contribution is 2.33. The van der Waals surface area contributed by atoms with Gasteiger partial charge in [0.1, 0.15) is 11.6 Å². The highest BCUT2D eigenvalue weighted by molar-refractivity contribution is 5.76. The van der Waals surface area contributed by atoms with Gasteiger partial charge in [0.15, 0.2) is 18.2 Å². The second-order valence-corrected chi connectivity index (χ2v) is 7.43. The highest BCUT2D eigenvalue weighted by atomic mass is 16.5. The van der Waals surface area contributed by atoms with Crippen molar-refractivity contribution in [2.75, 3.05) is 19.8 Å². The van der Waals surface area contributed by atoms with E-state index in [0.717, 1.165) is 37.3 Å². The summed E-state index contributed by atoms with van der Waals surface area (Å²) in [6.45, 7) is 2.88. The predicted molar refractivity (Wildman–Crippen MR) is 104 cm³/mol. The number of ether oxygens (including phenoxy) is 2. The molecule has 0 amide bonds. The molecule has 2 aliphatic rings. The Balaban J connectivity index is 1.43. The maximum absolute atomic E-state index is 12.8. The number of benzene rings is 2. The standard InChI is InChI=1S/C21H22N4O3/c26-21-16-5-1-2-6-17(16)22-23-25(21)14-24-10-3-7-18(24)15-8-9-19-20(13-15)28-12-4-11-27-19/h1-2,5-6,8-9,13,18H,3-4,7,10-12,14H2/p+1/t18-/m0/s1. The Morgan fingerprint density at radius 2 is 1.93 bits per heavy atom. The summed E-state index contributed by atoms with van der Waals surface area (Å²) >= 11 is 0. The van der Waals surface area contributed by atoms with E-state index in [1.54, 1.807) is 0 Å². The lowest BCUT2D eigenvalue weighted by Crippen LogP contribution is -3.09. The van der Waals surface area contributed by atoms with Crippen LogP contribution in [0.15, 0.2) is 47.3 Å². The fraction of sp³-hybridized carbons (Fsp3) is 0.381. The van der Waals surface area contributed by atoms with E-state index in [9.17, 15) is 4.79 Å². The molecule has 0 bridgehead atoms. The van der Waals surface area contributed by atoms with Crippen molar-refractivity contribution in [1.82, 2.24) is 15.0 Å². The van der Waals surface area contributed by atoms with Gasteiger partial charge in [0.2, 0.25) is 0 Å². The molecular weight excluding hydrogens is 356 g/mol. The molecule has 5 rings (SSSR count).